The second-order valence-corrected chi connectivity index (χ2v) is 3.74. The minimum atomic E-state index is 1.17. The lowest BCUT2D eigenvalue weighted by molar-refractivity contribution is 0.277. The second-order valence-electron chi connectivity index (χ2n) is 3.74. The molecule has 11 heavy (non-hydrogen) atoms. The van der Waals surface area contributed by atoms with Gasteiger partial charge in [-0.25, -0.2) is 0 Å². The van der Waals surface area contributed by atoms with Crippen molar-refractivity contribution in [3.63, 3.8) is 0 Å². The maximum atomic E-state index is 4.50. The van der Waals surface area contributed by atoms with Gasteiger partial charge in [0.25, 0.3) is 0 Å². The molecule has 2 aliphatic carbocycles. The molecule has 2 rings (SSSR count). The van der Waals surface area contributed by atoms with Gasteiger partial charge in [-0.1, -0.05) is 44.9 Å². The van der Waals surface area contributed by atoms with Crippen molar-refractivity contribution in [2.75, 3.05) is 7.05 Å². The highest BCUT2D eigenvalue weighted by atomic mass is 14.4. The highest BCUT2D eigenvalue weighted by Crippen LogP contribution is 2.41. The van der Waals surface area contributed by atoms with E-state index in [0.717, 1.165) is 0 Å². The predicted octanol–water partition coefficient (Wildman–Crippen LogP) is 2.55. The molecule has 2 unspecified atom stereocenters. The molecule has 2 N–H and O–H groups in total. The molecule has 2 aliphatic rings. The lowest BCUT2D eigenvalue weighted by atomic mass is 9.82. The van der Waals surface area contributed by atoms with Gasteiger partial charge in [0, 0.05) is 0 Å². The first-order chi connectivity index (χ1) is 5.47. The summed E-state index contributed by atoms with van der Waals surface area (Å²) in [5, 5.41) is 0. The van der Waals surface area contributed by atoms with E-state index < -0.39 is 0 Å². The Morgan fingerprint density at radius 2 is 1.09 bits per heavy atom. The number of rotatable bonds is 0. The van der Waals surface area contributed by atoms with Crippen LogP contribution in [0.25, 0.3) is 0 Å². The van der Waals surface area contributed by atoms with Gasteiger partial charge in [-0.2, -0.15) is 0 Å². The van der Waals surface area contributed by atoms with Crippen LogP contribution in [0.1, 0.15) is 44.9 Å². The molecular formula is C10H21N. The van der Waals surface area contributed by atoms with E-state index in [1.807, 2.05) is 0 Å². The van der Waals surface area contributed by atoms with E-state index in [1.165, 1.54) is 38.1 Å². The molecule has 0 heterocycles. The topological polar surface area (TPSA) is 26.0 Å². The smallest absolute Gasteiger partial charge is 0.0195 e. The van der Waals surface area contributed by atoms with E-state index in [4.69, 9.17) is 0 Å². The minimum Gasteiger partial charge on any atom is -0.333 e. The van der Waals surface area contributed by atoms with E-state index in [9.17, 15) is 0 Å². The van der Waals surface area contributed by atoms with Crippen LogP contribution in [0.2, 0.25) is 0 Å². The van der Waals surface area contributed by atoms with E-state index in [-0.39, 0.29) is 0 Å². The van der Waals surface area contributed by atoms with Crippen LogP contribution in [0.15, 0.2) is 0 Å². The van der Waals surface area contributed by atoms with E-state index in [2.05, 4.69) is 5.73 Å². The molecule has 0 spiro atoms. The molecule has 2 fully saturated rings. The quantitative estimate of drug-likeness (QED) is 0.571. The number of nitrogens with two attached hydrogens (primary N) is 1. The first kappa shape index (κ1) is 9.05. The predicted molar refractivity (Wildman–Crippen MR) is 49.4 cm³/mol. The Bertz CT molecular complexity index is 89.0. The van der Waals surface area contributed by atoms with Gasteiger partial charge in [-0.05, 0) is 18.9 Å². The van der Waals surface area contributed by atoms with Crippen molar-refractivity contribution in [2.45, 2.75) is 44.9 Å². The monoisotopic (exact) mass is 155 g/mol. The number of fused-ring (bicyclic) bond motifs is 1. The standard InChI is InChI=1S/C9H16.CH5N/c1-2-5-9-7-3-6-8(9)4-1;1-2/h8-9H,1-7H2;2H2,1H3. The zero-order chi connectivity index (χ0) is 8.10. The van der Waals surface area contributed by atoms with Gasteiger partial charge >= 0.3 is 0 Å². The number of hydrogen-bond donors (Lipinski definition) is 1. The van der Waals surface area contributed by atoms with Crippen LogP contribution < -0.4 is 5.73 Å². The highest BCUT2D eigenvalue weighted by Gasteiger charge is 2.28. The molecule has 0 aliphatic heterocycles. The maximum Gasteiger partial charge on any atom is -0.0195 e. The van der Waals surface area contributed by atoms with Crippen molar-refractivity contribution in [3.05, 3.63) is 0 Å². The fraction of sp³-hybridized carbons (Fsp3) is 1.00. The van der Waals surface area contributed by atoms with Gasteiger partial charge in [0.15, 0.2) is 0 Å². The first-order valence-corrected chi connectivity index (χ1v) is 5.04. The van der Waals surface area contributed by atoms with Crippen LogP contribution in [-0.2, 0) is 0 Å². The second kappa shape index (κ2) is 4.76. The molecule has 2 atom stereocenters. The van der Waals surface area contributed by atoms with Crippen LogP contribution in [-0.4, -0.2) is 7.05 Å². The summed E-state index contributed by atoms with van der Waals surface area (Å²) in [6.07, 6.45) is 10.8. The van der Waals surface area contributed by atoms with Gasteiger partial charge in [0.05, 0.1) is 0 Å². The third-order valence-corrected chi connectivity index (χ3v) is 3.22. The summed E-state index contributed by atoms with van der Waals surface area (Å²) < 4.78 is 0. The van der Waals surface area contributed by atoms with Crippen molar-refractivity contribution >= 4 is 0 Å². The van der Waals surface area contributed by atoms with Gasteiger partial charge < -0.3 is 5.73 Å². The zero-order valence-corrected chi connectivity index (χ0v) is 7.68. The molecule has 0 aromatic carbocycles. The molecule has 0 amide bonds. The van der Waals surface area contributed by atoms with Crippen LogP contribution in [0.4, 0.5) is 0 Å². The summed E-state index contributed by atoms with van der Waals surface area (Å²) >= 11 is 0. The van der Waals surface area contributed by atoms with Crippen molar-refractivity contribution in [3.8, 4) is 0 Å². The summed E-state index contributed by atoms with van der Waals surface area (Å²) in [7, 11) is 1.50. The summed E-state index contributed by atoms with van der Waals surface area (Å²) in [4.78, 5) is 0. The molecule has 0 radical (unpaired) electrons. The minimum absolute atomic E-state index is 1.17. The normalized spacial score (nSPS) is 35.5. The van der Waals surface area contributed by atoms with Crippen LogP contribution in [0.5, 0.6) is 0 Å². The Hall–Kier alpha value is -0.0400. The highest BCUT2D eigenvalue weighted by molar-refractivity contribution is 4.80. The third-order valence-electron chi connectivity index (χ3n) is 3.22. The molecule has 0 bridgehead atoms. The SMILES string of the molecule is C1CCC2CCCC2C1.CN. The molecule has 66 valence electrons. The van der Waals surface area contributed by atoms with Crippen LogP contribution in [0, 0.1) is 11.8 Å². The third kappa shape index (κ3) is 2.19. The zero-order valence-electron chi connectivity index (χ0n) is 7.68. The first-order valence-electron chi connectivity index (χ1n) is 5.04. The van der Waals surface area contributed by atoms with E-state index in [0.29, 0.717) is 0 Å². The molecule has 0 saturated heterocycles. The molecule has 1 heteroatoms. The Balaban J connectivity index is 0.000000281. The van der Waals surface area contributed by atoms with Crippen molar-refractivity contribution in [1.82, 2.24) is 0 Å². The molecule has 2 saturated carbocycles. The summed E-state index contributed by atoms with van der Waals surface area (Å²) in [6, 6.07) is 0. The van der Waals surface area contributed by atoms with Gasteiger partial charge in [0.1, 0.15) is 0 Å². The molecule has 1 nitrogen and oxygen atoms in total. The average Bonchev–Trinajstić information content (AvgIpc) is 2.55. The Labute approximate surface area is 70.4 Å². The fourth-order valence-corrected chi connectivity index (χ4v) is 2.69. The van der Waals surface area contributed by atoms with Crippen molar-refractivity contribution < 1.29 is 0 Å². The molecule has 0 aromatic rings. The lowest BCUT2D eigenvalue weighted by Gasteiger charge is -2.24. The van der Waals surface area contributed by atoms with Gasteiger partial charge in [-0.3, -0.25) is 0 Å². The average molecular weight is 155 g/mol. The summed E-state index contributed by atoms with van der Waals surface area (Å²) in [5.74, 6) is 2.33. The van der Waals surface area contributed by atoms with Gasteiger partial charge in [-0.15, -0.1) is 0 Å². The Kier molecular flexibility index (Phi) is 3.92. The van der Waals surface area contributed by atoms with Gasteiger partial charge in [0.2, 0.25) is 0 Å². The summed E-state index contributed by atoms with van der Waals surface area (Å²) in [5.41, 5.74) is 4.50. The Morgan fingerprint density at radius 1 is 0.727 bits per heavy atom. The van der Waals surface area contributed by atoms with Crippen molar-refractivity contribution in [2.24, 2.45) is 17.6 Å². The van der Waals surface area contributed by atoms with Crippen LogP contribution >= 0.6 is 0 Å². The summed E-state index contributed by atoms with van der Waals surface area (Å²) in [6.45, 7) is 0. The molecular weight excluding hydrogens is 134 g/mol. The van der Waals surface area contributed by atoms with Crippen molar-refractivity contribution in [1.29, 1.82) is 0 Å². The number of hydrogen-bond acceptors (Lipinski definition) is 1. The lowest BCUT2D eigenvalue weighted by Crippen LogP contribution is -2.12. The van der Waals surface area contributed by atoms with Crippen LogP contribution in [0.3, 0.4) is 0 Å². The van der Waals surface area contributed by atoms with E-state index in [1.54, 1.807) is 25.7 Å². The maximum absolute atomic E-state index is 4.50. The molecule has 0 aromatic heterocycles. The Morgan fingerprint density at radius 3 is 1.55 bits per heavy atom. The van der Waals surface area contributed by atoms with E-state index >= 15 is 0 Å². The fourth-order valence-electron chi connectivity index (χ4n) is 2.69. The largest absolute Gasteiger partial charge is 0.333 e.